The van der Waals surface area contributed by atoms with Crippen LogP contribution >= 0.6 is 0 Å². The van der Waals surface area contributed by atoms with Crippen LogP contribution in [0.2, 0.25) is 0 Å². The van der Waals surface area contributed by atoms with Gasteiger partial charge in [-0.2, -0.15) is 0 Å². The zero-order chi connectivity index (χ0) is 20.1. The third-order valence-corrected chi connectivity index (χ3v) is 10.2. The van der Waals surface area contributed by atoms with Crippen LogP contribution < -0.4 is 5.32 Å². The molecule has 3 saturated carbocycles. The lowest BCUT2D eigenvalue weighted by molar-refractivity contribution is -0.678. The van der Waals surface area contributed by atoms with Crippen LogP contribution in [-0.2, 0) is 4.79 Å². The van der Waals surface area contributed by atoms with Crippen molar-refractivity contribution in [3.8, 4) is 0 Å². The second-order valence-electron chi connectivity index (χ2n) is 11.4. The van der Waals surface area contributed by atoms with Crippen molar-refractivity contribution in [2.24, 2.45) is 46.3 Å². The molecule has 4 aliphatic rings. The summed E-state index contributed by atoms with van der Waals surface area (Å²) in [7, 11) is 0. The minimum Gasteiger partial charge on any atom is -0.481 e. The van der Waals surface area contributed by atoms with Crippen molar-refractivity contribution in [2.45, 2.75) is 84.7 Å². The average Bonchev–Trinajstić information content (AvgIpc) is 2.99. The van der Waals surface area contributed by atoms with Crippen LogP contribution in [0, 0.1) is 46.3 Å². The number of hydrogen-bond acceptors (Lipinski definition) is 2. The molecule has 4 rings (SSSR count). The van der Waals surface area contributed by atoms with Crippen LogP contribution in [0.25, 0.3) is 0 Å². The van der Waals surface area contributed by atoms with Crippen LogP contribution in [0.3, 0.4) is 0 Å². The third kappa shape index (κ3) is 3.23. The van der Waals surface area contributed by atoms with Crippen molar-refractivity contribution < 1.29 is 20.3 Å². The number of hydrogen-bond donors (Lipinski definition) is 3. The molecule has 0 aromatic heterocycles. The van der Waals surface area contributed by atoms with Crippen molar-refractivity contribution in [1.29, 1.82) is 0 Å². The molecule has 3 aliphatic carbocycles. The predicted molar refractivity (Wildman–Crippen MR) is 110 cm³/mol. The zero-order valence-electron chi connectivity index (χ0n) is 18.2. The fraction of sp³-hybridized carbons (Fsp3) is 0.958. The molecule has 160 valence electrons. The maximum absolute atomic E-state index is 11.3. The maximum atomic E-state index is 11.3. The molecule has 0 radical (unpaired) electrons. The summed E-state index contributed by atoms with van der Waals surface area (Å²) in [5, 5.41) is 22.7. The zero-order valence-corrected chi connectivity index (χ0v) is 18.2. The summed E-state index contributed by atoms with van der Waals surface area (Å²) in [5.41, 5.74) is 0.778. The Morgan fingerprint density at radius 2 is 1.89 bits per heavy atom. The van der Waals surface area contributed by atoms with Gasteiger partial charge in [0.15, 0.2) is 0 Å². The van der Waals surface area contributed by atoms with Crippen molar-refractivity contribution in [3.05, 3.63) is 0 Å². The highest BCUT2D eigenvalue weighted by Crippen LogP contribution is 2.67. The largest absolute Gasteiger partial charge is 0.481 e. The number of piperidine rings is 1. The van der Waals surface area contributed by atoms with Gasteiger partial charge in [-0.05, 0) is 85.4 Å². The van der Waals surface area contributed by atoms with Gasteiger partial charge in [0.05, 0.1) is 19.2 Å². The van der Waals surface area contributed by atoms with Crippen LogP contribution in [0.5, 0.6) is 0 Å². The van der Waals surface area contributed by atoms with E-state index in [0.717, 1.165) is 19.3 Å². The smallest absolute Gasteiger partial charge is 0.303 e. The normalized spacial score (nSPS) is 49.0. The van der Waals surface area contributed by atoms with Crippen molar-refractivity contribution in [1.82, 2.24) is 0 Å². The molecule has 0 amide bonds. The van der Waals surface area contributed by atoms with Gasteiger partial charge in [0.2, 0.25) is 0 Å². The fourth-order valence-corrected chi connectivity index (χ4v) is 8.76. The molecule has 1 heterocycles. The van der Waals surface area contributed by atoms with E-state index < -0.39 is 5.97 Å². The van der Waals surface area contributed by atoms with E-state index in [1.807, 2.05) is 0 Å². The maximum Gasteiger partial charge on any atom is 0.303 e. The van der Waals surface area contributed by atoms with Gasteiger partial charge in [-0.1, -0.05) is 20.8 Å². The van der Waals surface area contributed by atoms with Gasteiger partial charge in [-0.15, -0.1) is 0 Å². The van der Waals surface area contributed by atoms with E-state index in [2.05, 4.69) is 26.1 Å². The summed E-state index contributed by atoms with van der Waals surface area (Å²) >= 11 is 0. The molecule has 4 heteroatoms. The number of aliphatic carboxylic acids is 1. The van der Waals surface area contributed by atoms with E-state index in [9.17, 15) is 9.90 Å². The Kier molecular flexibility index (Phi) is 5.59. The highest BCUT2D eigenvalue weighted by atomic mass is 16.4. The van der Waals surface area contributed by atoms with Gasteiger partial charge in [0.1, 0.15) is 0 Å². The average molecular weight is 393 g/mol. The monoisotopic (exact) mass is 392 g/mol. The van der Waals surface area contributed by atoms with Gasteiger partial charge in [-0.3, -0.25) is 4.79 Å². The second-order valence-corrected chi connectivity index (χ2v) is 11.4. The Bertz CT molecular complexity index is 594. The Morgan fingerprint density at radius 3 is 2.64 bits per heavy atom. The first-order chi connectivity index (χ1) is 13.3. The number of nitrogens with two attached hydrogens (primary N) is 1. The molecule has 0 spiro atoms. The van der Waals surface area contributed by atoms with E-state index >= 15 is 0 Å². The number of rotatable bonds is 5. The number of carbonyl (C=O) groups is 1. The van der Waals surface area contributed by atoms with Gasteiger partial charge in [-0.25, -0.2) is 0 Å². The van der Waals surface area contributed by atoms with Crippen molar-refractivity contribution >= 4 is 5.97 Å². The minimum atomic E-state index is -0.666. The quantitative estimate of drug-likeness (QED) is 0.672. The molecule has 1 aliphatic heterocycles. The Morgan fingerprint density at radius 1 is 1.14 bits per heavy atom. The highest BCUT2D eigenvalue weighted by Gasteiger charge is 2.62. The van der Waals surface area contributed by atoms with E-state index in [1.165, 1.54) is 45.2 Å². The molecule has 0 bridgehead atoms. The molecule has 28 heavy (non-hydrogen) atoms. The lowest BCUT2D eigenvalue weighted by Gasteiger charge is -2.61. The summed E-state index contributed by atoms with van der Waals surface area (Å²) in [4.78, 5) is 10.9. The first kappa shape index (κ1) is 20.7. The van der Waals surface area contributed by atoms with Crippen molar-refractivity contribution in [2.75, 3.05) is 13.1 Å². The molecule has 0 aromatic carbocycles. The number of quaternary nitrogens is 1. The number of carboxylic acid groups (broad SMARTS) is 1. The van der Waals surface area contributed by atoms with Gasteiger partial charge in [0, 0.05) is 18.8 Å². The Hall–Kier alpha value is -0.610. The highest BCUT2D eigenvalue weighted by molar-refractivity contribution is 5.66. The summed E-state index contributed by atoms with van der Waals surface area (Å²) in [6.07, 6.45) is 9.52. The van der Waals surface area contributed by atoms with Crippen LogP contribution in [-0.4, -0.2) is 35.4 Å². The molecule has 4 N–H and O–H groups in total. The number of aliphatic hydroxyl groups is 1. The van der Waals surface area contributed by atoms with Gasteiger partial charge < -0.3 is 15.5 Å². The summed E-state index contributed by atoms with van der Waals surface area (Å²) in [6, 6.07) is 0. The lowest BCUT2D eigenvalue weighted by Crippen LogP contribution is -2.90. The first-order valence-corrected chi connectivity index (χ1v) is 12.0. The standard InChI is InChI=1S/C24H41NO3/c1-15(5-4-6-21(27)28)17-7-8-18-22-19(9-10-24(17,18)3)23(2)11-12-25-14-16(23)13-20(22)26/h15-20,22,25-26H,4-14H2,1-3H3,(H,27,28)/p+1/t15-,16-,17-,18+,19+,20+,22+,23+,24-/m1/s1. The molecule has 4 nitrogen and oxygen atoms in total. The first-order valence-electron chi connectivity index (χ1n) is 12.0. The topological polar surface area (TPSA) is 74.1 Å². The molecule has 9 atom stereocenters. The number of aliphatic hydroxyl groups excluding tert-OH is 1. The summed E-state index contributed by atoms with van der Waals surface area (Å²) < 4.78 is 0. The van der Waals surface area contributed by atoms with E-state index in [0.29, 0.717) is 52.8 Å². The van der Waals surface area contributed by atoms with E-state index in [-0.39, 0.29) is 6.10 Å². The number of carboxylic acids is 1. The second kappa shape index (κ2) is 7.58. The fourth-order valence-electron chi connectivity index (χ4n) is 8.76. The molecular weight excluding hydrogens is 350 g/mol. The molecular formula is C24H42NO3+. The molecule has 0 aromatic rings. The summed E-state index contributed by atoms with van der Waals surface area (Å²) in [5.74, 6) is 3.18. The van der Waals surface area contributed by atoms with Gasteiger partial charge >= 0.3 is 5.97 Å². The molecule has 4 fully saturated rings. The van der Waals surface area contributed by atoms with Crippen LogP contribution in [0.15, 0.2) is 0 Å². The SMILES string of the molecule is C[C@H](CCCC(=O)O)[C@H]1CC[C@H]2[C@@H]3[C@@H](O)C[C@@H]4C[NH2+]CC[C@]4(C)[C@H]3CC[C@]12C. The van der Waals surface area contributed by atoms with Crippen LogP contribution in [0.4, 0.5) is 0 Å². The number of fused-ring (bicyclic) bond motifs is 5. The van der Waals surface area contributed by atoms with E-state index in [4.69, 9.17) is 5.11 Å². The van der Waals surface area contributed by atoms with Crippen molar-refractivity contribution in [3.63, 3.8) is 0 Å². The Labute approximate surface area is 170 Å². The van der Waals surface area contributed by atoms with E-state index in [1.54, 1.807) is 0 Å². The Balaban J connectivity index is 1.51. The summed E-state index contributed by atoms with van der Waals surface area (Å²) in [6.45, 7) is 9.91. The molecule has 0 unspecified atom stereocenters. The third-order valence-electron chi connectivity index (χ3n) is 10.2. The van der Waals surface area contributed by atoms with Gasteiger partial charge in [0.25, 0.3) is 0 Å². The van der Waals surface area contributed by atoms with Crippen LogP contribution in [0.1, 0.15) is 78.6 Å². The lowest BCUT2D eigenvalue weighted by atomic mass is 9.45. The predicted octanol–water partition coefficient (Wildman–Crippen LogP) is 3.29. The minimum absolute atomic E-state index is 0.111. The molecule has 1 saturated heterocycles.